The van der Waals surface area contributed by atoms with E-state index in [4.69, 9.17) is 9.47 Å². The van der Waals surface area contributed by atoms with E-state index in [1.54, 1.807) is 37.3 Å². The molecule has 0 spiro atoms. The Kier molecular flexibility index (Phi) is 4.85. The molecule has 2 N–H and O–H groups in total. The topological polar surface area (TPSA) is 84.9 Å². The fraction of sp³-hybridized carbons (Fsp3) is 0.176. The third-order valence-electron chi connectivity index (χ3n) is 3.36. The van der Waals surface area contributed by atoms with Crippen molar-refractivity contribution in [3.8, 4) is 11.5 Å². The number of carbonyl (C=O) groups is 2. The molecular weight excluding hydrogens is 298 g/mol. The van der Waals surface area contributed by atoms with Gasteiger partial charge in [-0.05, 0) is 30.7 Å². The number of hydrogen-bond acceptors (Lipinski definition) is 4. The molecule has 0 radical (unpaired) electrons. The molecule has 0 saturated carbocycles. The van der Waals surface area contributed by atoms with Gasteiger partial charge in [0.25, 0.3) is 5.91 Å². The summed E-state index contributed by atoms with van der Waals surface area (Å²) in [5.41, 5.74) is 1.27. The molecule has 0 heterocycles. The predicted molar refractivity (Wildman–Crippen MR) is 85.6 cm³/mol. The number of nitrogens with one attached hydrogen (secondary N) is 1. The van der Waals surface area contributed by atoms with Crippen LogP contribution in [-0.4, -0.2) is 31.2 Å². The largest absolute Gasteiger partial charge is 0.497 e. The van der Waals surface area contributed by atoms with Crippen LogP contribution in [0.4, 0.5) is 5.69 Å². The van der Waals surface area contributed by atoms with Crippen LogP contribution in [0.3, 0.4) is 0 Å². The van der Waals surface area contributed by atoms with Crippen molar-refractivity contribution < 1.29 is 24.2 Å². The zero-order valence-corrected chi connectivity index (χ0v) is 13.0. The van der Waals surface area contributed by atoms with Gasteiger partial charge in [-0.15, -0.1) is 0 Å². The molecule has 0 bridgehead atoms. The monoisotopic (exact) mass is 315 g/mol. The van der Waals surface area contributed by atoms with Gasteiger partial charge < -0.3 is 19.9 Å². The molecule has 0 fully saturated rings. The normalized spacial score (nSPS) is 10.0. The molecule has 6 nitrogen and oxygen atoms in total. The number of para-hydroxylation sites is 1. The van der Waals surface area contributed by atoms with E-state index in [-0.39, 0.29) is 11.3 Å². The minimum absolute atomic E-state index is 0.0354. The minimum Gasteiger partial charge on any atom is -0.497 e. The molecule has 0 aromatic heterocycles. The number of carbonyl (C=O) groups excluding carboxylic acids is 1. The van der Waals surface area contributed by atoms with Crippen LogP contribution in [0.5, 0.6) is 11.5 Å². The van der Waals surface area contributed by atoms with Crippen molar-refractivity contribution in [1.29, 1.82) is 0 Å². The Morgan fingerprint density at radius 1 is 1.04 bits per heavy atom. The van der Waals surface area contributed by atoms with Crippen LogP contribution < -0.4 is 14.8 Å². The summed E-state index contributed by atoms with van der Waals surface area (Å²) in [4.78, 5) is 23.8. The lowest BCUT2D eigenvalue weighted by atomic mass is 10.1. The molecule has 2 rings (SSSR count). The highest BCUT2D eigenvalue weighted by Gasteiger charge is 2.16. The highest BCUT2D eigenvalue weighted by molar-refractivity contribution is 6.08. The van der Waals surface area contributed by atoms with E-state index in [1.807, 2.05) is 0 Å². The van der Waals surface area contributed by atoms with Gasteiger partial charge in [0.05, 0.1) is 25.5 Å². The van der Waals surface area contributed by atoms with E-state index in [2.05, 4.69) is 5.32 Å². The average molecular weight is 315 g/mol. The van der Waals surface area contributed by atoms with Crippen molar-refractivity contribution in [2.45, 2.75) is 6.92 Å². The smallest absolute Gasteiger partial charge is 0.337 e. The quantitative estimate of drug-likeness (QED) is 0.886. The first-order chi connectivity index (χ1) is 11.0. The molecule has 0 saturated heterocycles. The van der Waals surface area contributed by atoms with E-state index in [0.717, 1.165) is 0 Å². The molecule has 0 unspecified atom stereocenters. The number of aryl methyl sites for hydroxylation is 1. The molecule has 23 heavy (non-hydrogen) atoms. The van der Waals surface area contributed by atoms with Crippen LogP contribution in [0, 0.1) is 6.92 Å². The number of carboxylic acid groups (broad SMARTS) is 1. The summed E-state index contributed by atoms with van der Waals surface area (Å²) >= 11 is 0. The number of benzene rings is 2. The Bertz CT molecular complexity index is 732. The Hall–Kier alpha value is -3.02. The first-order valence-corrected chi connectivity index (χ1v) is 6.83. The summed E-state index contributed by atoms with van der Waals surface area (Å²) in [6, 6.07) is 9.55. The second-order valence-electron chi connectivity index (χ2n) is 4.86. The Morgan fingerprint density at radius 2 is 1.65 bits per heavy atom. The van der Waals surface area contributed by atoms with Crippen molar-refractivity contribution in [2.24, 2.45) is 0 Å². The van der Waals surface area contributed by atoms with Crippen molar-refractivity contribution in [1.82, 2.24) is 0 Å². The summed E-state index contributed by atoms with van der Waals surface area (Å²) in [5.74, 6) is -0.610. The van der Waals surface area contributed by atoms with Gasteiger partial charge in [0.1, 0.15) is 11.5 Å². The van der Waals surface area contributed by atoms with Crippen LogP contribution in [0.2, 0.25) is 0 Å². The van der Waals surface area contributed by atoms with E-state index in [0.29, 0.717) is 22.6 Å². The number of rotatable bonds is 5. The fourth-order valence-electron chi connectivity index (χ4n) is 2.14. The minimum atomic E-state index is -1.10. The lowest BCUT2D eigenvalue weighted by molar-refractivity contribution is 0.0698. The lowest BCUT2D eigenvalue weighted by Gasteiger charge is -2.13. The molecule has 2 aromatic carbocycles. The lowest BCUT2D eigenvalue weighted by Crippen LogP contribution is -2.16. The van der Waals surface area contributed by atoms with E-state index < -0.39 is 11.9 Å². The summed E-state index contributed by atoms with van der Waals surface area (Å²) < 4.78 is 10.3. The Labute approximate surface area is 133 Å². The number of methoxy groups -OCH3 is 2. The molecule has 0 atom stereocenters. The molecule has 6 heteroatoms. The molecule has 1 amide bonds. The maximum Gasteiger partial charge on any atom is 0.337 e. The van der Waals surface area contributed by atoms with Crippen LogP contribution in [-0.2, 0) is 0 Å². The van der Waals surface area contributed by atoms with Crippen molar-refractivity contribution in [3.63, 3.8) is 0 Å². The van der Waals surface area contributed by atoms with Gasteiger partial charge in [0.2, 0.25) is 0 Å². The summed E-state index contributed by atoms with van der Waals surface area (Å²) in [5, 5.41) is 11.9. The van der Waals surface area contributed by atoms with Crippen LogP contribution in [0.25, 0.3) is 0 Å². The van der Waals surface area contributed by atoms with Gasteiger partial charge in [-0.2, -0.15) is 0 Å². The maximum absolute atomic E-state index is 12.5. The van der Waals surface area contributed by atoms with Crippen molar-refractivity contribution >= 4 is 17.6 Å². The number of anilines is 1. The van der Waals surface area contributed by atoms with Gasteiger partial charge in [-0.1, -0.05) is 12.1 Å². The zero-order chi connectivity index (χ0) is 17.0. The van der Waals surface area contributed by atoms with Crippen molar-refractivity contribution in [2.75, 3.05) is 19.5 Å². The summed E-state index contributed by atoms with van der Waals surface area (Å²) in [6.07, 6.45) is 0. The van der Waals surface area contributed by atoms with Gasteiger partial charge in [0, 0.05) is 11.6 Å². The van der Waals surface area contributed by atoms with Crippen LogP contribution in [0.15, 0.2) is 36.4 Å². The molecular formula is C17H17NO5. The number of carboxylic acids is 1. The Morgan fingerprint density at radius 3 is 2.17 bits per heavy atom. The fourth-order valence-corrected chi connectivity index (χ4v) is 2.14. The number of hydrogen-bond donors (Lipinski definition) is 2. The first kappa shape index (κ1) is 16.4. The first-order valence-electron chi connectivity index (χ1n) is 6.83. The van der Waals surface area contributed by atoms with Crippen molar-refractivity contribution in [3.05, 3.63) is 53.1 Å². The predicted octanol–water partition coefficient (Wildman–Crippen LogP) is 2.96. The zero-order valence-electron chi connectivity index (χ0n) is 13.0. The molecule has 2 aromatic rings. The highest BCUT2D eigenvalue weighted by atomic mass is 16.5. The second kappa shape index (κ2) is 6.83. The number of ether oxygens (including phenoxy) is 2. The molecule has 0 aliphatic heterocycles. The Balaban J connectivity index is 2.39. The summed E-state index contributed by atoms with van der Waals surface area (Å²) in [6.45, 7) is 1.73. The third-order valence-corrected chi connectivity index (χ3v) is 3.36. The standard InChI is InChI=1S/C17H17NO5/c1-10-5-4-6-14(17(20)21)15(10)18-16(19)11-7-12(22-2)9-13(8-11)23-3/h4-9H,1-3H3,(H,18,19)(H,20,21). The molecule has 0 aliphatic rings. The third kappa shape index (κ3) is 3.60. The second-order valence-corrected chi connectivity index (χ2v) is 4.86. The maximum atomic E-state index is 12.5. The van der Waals surface area contributed by atoms with E-state index >= 15 is 0 Å². The highest BCUT2D eigenvalue weighted by Crippen LogP contribution is 2.25. The van der Waals surface area contributed by atoms with Gasteiger partial charge in [0.15, 0.2) is 0 Å². The van der Waals surface area contributed by atoms with Crippen LogP contribution in [0.1, 0.15) is 26.3 Å². The average Bonchev–Trinajstić information content (AvgIpc) is 2.55. The molecule has 0 aliphatic carbocycles. The van der Waals surface area contributed by atoms with E-state index in [9.17, 15) is 14.7 Å². The van der Waals surface area contributed by atoms with Gasteiger partial charge in [-0.25, -0.2) is 4.79 Å². The van der Waals surface area contributed by atoms with Gasteiger partial charge >= 0.3 is 5.97 Å². The summed E-state index contributed by atoms with van der Waals surface area (Å²) in [7, 11) is 2.97. The van der Waals surface area contributed by atoms with Gasteiger partial charge in [-0.3, -0.25) is 4.79 Å². The van der Waals surface area contributed by atoms with E-state index in [1.165, 1.54) is 20.3 Å². The number of amides is 1. The van der Waals surface area contributed by atoms with Crippen LogP contribution >= 0.6 is 0 Å². The SMILES string of the molecule is COc1cc(OC)cc(C(=O)Nc2c(C)cccc2C(=O)O)c1. The number of aromatic carboxylic acids is 1. The molecule has 120 valence electrons.